The smallest absolute Gasteiger partial charge is 0.0628 e. The number of hydrogen-bond donors (Lipinski definition) is 1. The average Bonchev–Trinajstić information content (AvgIpc) is 3.08. The van der Waals surface area contributed by atoms with Crippen LogP contribution in [-0.4, -0.2) is 37.6 Å². The van der Waals surface area contributed by atoms with E-state index >= 15 is 0 Å². The normalized spacial score (nSPS) is 27.6. The molecule has 96 valence electrons. The summed E-state index contributed by atoms with van der Waals surface area (Å²) in [5.41, 5.74) is 0.379. The minimum atomic E-state index is 0.379. The van der Waals surface area contributed by atoms with Crippen molar-refractivity contribution in [3.63, 3.8) is 0 Å². The Labute approximate surface area is 105 Å². The zero-order valence-corrected chi connectivity index (χ0v) is 11.0. The molecule has 1 aliphatic heterocycles. The zero-order valence-electron chi connectivity index (χ0n) is 11.0. The molecule has 3 nitrogen and oxygen atoms in total. The number of hydrogen-bond acceptors (Lipinski definition) is 3. The molecule has 1 atom stereocenters. The number of piperidine rings is 1. The van der Waals surface area contributed by atoms with Gasteiger partial charge >= 0.3 is 0 Å². The molecular weight excluding hydrogens is 210 g/mol. The summed E-state index contributed by atoms with van der Waals surface area (Å²) in [5, 5.41) is 12.2. The third-order valence-electron chi connectivity index (χ3n) is 4.43. The predicted octanol–water partition coefficient (Wildman–Crippen LogP) is 2.14. The first-order chi connectivity index (χ1) is 8.29. The Morgan fingerprint density at radius 3 is 2.88 bits per heavy atom. The monoisotopic (exact) mass is 235 g/mol. The summed E-state index contributed by atoms with van der Waals surface area (Å²) < 4.78 is 0. The first-order valence-corrected chi connectivity index (χ1v) is 7.05. The third kappa shape index (κ3) is 3.43. The van der Waals surface area contributed by atoms with Gasteiger partial charge in [-0.1, -0.05) is 6.42 Å². The van der Waals surface area contributed by atoms with E-state index in [-0.39, 0.29) is 0 Å². The first kappa shape index (κ1) is 12.9. The van der Waals surface area contributed by atoms with Gasteiger partial charge in [0, 0.05) is 19.0 Å². The molecule has 2 aliphatic rings. The van der Waals surface area contributed by atoms with Gasteiger partial charge < -0.3 is 5.32 Å². The zero-order chi connectivity index (χ0) is 12.1. The van der Waals surface area contributed by atoms with Crippen molar-refractivity contribution in [2.45, 2.75) is 51.0 Å². The van der Waals surface area contributed by atoms with Gasteiger partial charge in [0.05, 0.1) is 6.07 Å². The molecule has 1 saturated heterocycles. The quantitative estimate of drug-likeness (QED) is 0.766. The lowest BCUT2D eigenvalue weighted by Gasteiger charge is -2.38. The minimum Gasteiger partial charge on any atom is -0.320 e. The average molecular weight is 235 g/mol. The molecule has 2 fully saturated rings. The second-order valence-electron chi connectivity index (χ2n) is 5.85. The second kappa shape index (κ2) is 5.84. The lowest BCUT2D eigenvalue weighted by Crippen LogP contribution is -2.43. The highest BCUT2D eigenvalue weighted by Gasteiger charge is 2.44. The van der Waals surface area contributed by atoms with Crippen LogP contribution in [0.2, 0.25) is 0 Å². The molecule has 0 bridgehead atoms. The molecule has 2 rings (SSSR count). The topological polar surface area (TPSA) is 39.1 Å². The van der Waals surface area contributed by atoms with E-state index in [0.717, 1.165) is 19.0 Å². The molecule has 1 aliphatic carbocycles. The van der Waals surface area contributed by atoms with Crippen molar-refractivity contribution in [2.24, 2.45) is 5.41 Å². The highest BCUT2D eigenvalue weighted by molar-refractivity contribution is 5.02. The largest absolute Gasteiger partial charge is 0.320 e. The van der Waals surface area contributed by atoms with Gasteiger partial charge in [-0.05, 0) is 57.7 Å². The van der Waals surface area contributed by atoms with E-state index in [1.54, 1.807) is 0 Å². The Kier molecular flexibility index (Phi) is 4.42. The van der Waals surface area contributed by atoms with E-state index in [2.05, 4.69) is 16.3 Å². The van der Waals surface area contributed by atoms with Crippen molar-refractivity contribution in [1.82, 2.24) is 10.2 Å². The van der Waals surface area contributed by atoms with Gasteiger partial charge in [-0.3, -0.25) is 4.90 Å². The van der Waals surface area contributed by atoms with E-state index in [4.69, 9.17) is 5.26 Å². The Balaban J connectivity index is 1.86. The maximum atomic E-state index is 8.90. The van der Waals surface area contributed by atoms with Crippen LogP contribution in [0.3, 0.4) is 0 Å². The van der Waals surface area contributed by atoms with Crippen molar-refractivity contribution in [1.29, 1.82) is 5.26 Å². The fourth-order valence-corrected chi connectivity index (χ4v) is 3.07. The summed E-state index contributed by atoms with van der Waals surface area (Å²) in [6.07, 6.45) is 8.66. The highest BCUT2D eigenvalue weighted by atomic mass is 15.2. The van der Waals surface area contributed by atoms with Crippen molar-refractivity contribution < 1.29 is 0 Å². The maximum Gasteiger partial charge on any atom is 0.0628 e. The van der Waals surface area contributed by atoms with E-state index in [1.165, 1.54) is 51.6 Å². The van der Waals surface area contributed by atoms with E-state index in [1.807, 2.05) is 7.05 Å². The first-order valence-electron chi connectivity index (χ1n) is 7.05. The van der Waals surface area contributed by atoms with Gasteiger partial charge in [-0.15, -0.1) is 0 Å². The van der Waals surface area contributed by atoms with Crippen LogP contribution in [0.1, 0.15) is 44.9 Å². The van der Waals surface area contributed by atoms with E-state index in [9.17, 15) is 0 Å². The summed E-state index contributed by atoms with van der Waals surface area (Å²) in [4.78, 5) is 2.67. The number of rotatable bonds is 6. The van der Waals surface area contributed by atoms with Crippen molar-refractivity contribution in [2.75, 3.05) is 26.7 Å². The Hall–Kier alpha value is -0.590. The van der Waals surface area contributed by atoms with Crippen molar-refractivity contribution >= 4 is 0 Å². The maximum absolute atomic E-state index is 8.90. The number of nitrogens with one attached hydrogen (secondary N) is 1. The molecule has 0 radical (unpaired) electrons. The highest BCUT2D eigenvalue weighted by Crippen LogP contribution is 2.49. The van der Waals surface area contributed by atoms with Crippen LogP contribution in [0.15, 0.2) is 0 Å². The lowest BCUT2D eigenvalue weighted by atomic mass is 9.95. The third-order valence-corrected chi connectivity index (χ3v) is 4.43. The van der Waals surface area contributed by atoms with Crippen LogP contribution >= 0.6 is 0 Å². The Morgan fingerprint density at radius 2 is 2.24 bits per heavy atom. The molecular formula is C14H25N3. The van der Waals surface area contributed by atoms with Crippen LogP contribution in [-0.2, 0) is 0 Å². The summed E-state index contributed by atoms with van der Waals surface area (Å²) in [6.45, 7) is 3.54. The molecule has 1 unspecified atom stereocenters. The summed E-state index contributed by atoms with van der Waals surface area (Å²) >= 11 is 0. The molecule has 3 heteroatoms. The van der Waals surface area contributed by atoms with Gasteiger partial charge in [0.1, 0.15) is 0 Å². The van der Waals surface area contributed by atoms with E-state index < -0.39 is 0 Å². The molecule has 0 aromatic rings. The standard InChI is InChI=1S/C14H25N3/c1-16-10-5-13-4-2-3-11-17(13)12-14(6-7-14)8-9-15/h13,16H,2-8,10-12H2,1H3. The van der Waals surface area contributed by atoms with E-state index in [0.29, 0.717) is 5.41 Å². The van der Waals surface area contributed by atoms with Gasteiger partial charge in [-0.25, -0.2) is 0 Å². The molecule has 17 heavy (non-hydrogen) atoms. The number of nitrogens with zero attached hydrogens (tertiary/aromatic N) is 2. The fourth-order valence-electron chi connectivity index (χ4n) is 3.07. The Morgan fingerprint density at radius 1 is 1.41 bits per heavy atom. The lowest BCUT2D eigenvalue weighted by molar-refractivity contribution is 0.113. The SMILES string of the molecule is CNCCC1CCCCN1CC1(CC#N)CC1. The molecule has 0 aromatic heterocycles. The summed E-state index contributed by atoms with van der Waals surface area (Å²) in [7, 11) is 2.03. The van der Waals surface area contributed by atoms with Gasteiger partial charge in [-0.2, -0.15) is 5.26 Å². The predicted molar refractivity (Wildman–Crippen MR) is 69.7 cm³/mol. The van der Waals surface area contributed by atoms with Gasteiger partial charge in [0.25, 0.3) is 0 Å². The number of nitriles is 1. The Bertz CT molecular complexity index is 278. The molecule has 0 amide bonds. The van der Waals surface area contributed by atoms with Gasteiger partial charge in [0.2, 0.25) is 0 Å². The molecule has 0 spiro atoms. The molecule has 0 aromatic carbocycles. The molecule has 1 heterocycles. The van der Waals surface area contributed by atoms with Crippen molar-refractivity contribution in [3.05, 3.63) is 0 Å². The molecule has 1 saturated carbocycles. The number of likely N-dealkylation sites (tertiary alicyclic amines) is 1. The fraction of sp³-hybridized carbons (Fsp3) is 0.929. The minimum absolute atomic E-state index is 0.379. The second-order valence-corrected chi connectivity index (χ2v) is 5.85. The van der Waals surface area contributed by atoms with Crippen LogP contribution in [0.5, 0.6) is 0 Å². The van der Waals surface area contributed by atoms with Crippen LogP contribution in [0.25, 0.3) is 0 Å². The summed E-state index contributed by atoms with van der Waals surface area (Å²) in [5.74, 6) is 0. The van der Waals surface area contributed by atoms with Crippen LogP contribution < -0.4 is 5.32 Å². The van der Waals surface area contributed by atoms with Crippen LogP contribution in [0.4, 0.5) is 0 Å². The van der Waals surface area contributed by atoms with Crippen molar-refractivity contribution in [3.8, 4) is 6.07 Å². The van der Waals surface area contributed by atoms with Crippen LogP contribution in [0, 0.1) is 16.7 Å². The van der Waals surface area contributed by atoms with Gasteiger partial charge in [0.15, 0.2) is 0 Å². The molecule has 1 N–H and O–H groups in total. The summed E-state index contributed by atoms with van der Waals surface area (Å²) in [6, 6.07) is 3.14.